The van der Waals surface area contributed by atoms with Crippen LogP contribution in [0.5, 0.6) is 0 Å². The molecule has 2 aromatic rings. The van der Waals surface area contributed by atoms with E-state index in [9.17, 15) is 14.4 Å². The Balaban J connectivity index is 1.48. The molecule has 0 spiro atoms. The van der Waals surface area contributed by atoms with E-state index in [1.165, 1.54) is 0 Å². The number of nitrogens with one attached hydrogen (secondary N) is 1. The van der Waals surface area contributed by atoms with Gasteiger partial charge >= 0.3 is 12.1 Å². The number of esters is 1. The molecule has 1 aromatic heterocycles. The summed E-state index contributed by atoms with van der Waals surface area (Å²) < 4.78 is 10.1. The van der Waals surface area contributed by atoms with Gasteiger partial charge in [-0.1, -0.05) is 12.1 Å². The average Bonchev–Trinajstić information content (AvgIpc) is 3.10. The molecule has 0 unspecified atom stereocenters. The molecular formula is C21H26N4O5. The van der Waals surface area contributed by atoms with Gasteiger partial charge in [0.05, 0.1) is 17.9 Å². The van der Waals surface area contributed by atoms with Crippen molar-refractivity contribution in [3.63, 3.8) is 0 Å². The number of hydrogen-bond acceptors (Lipinski definition) is 6. The van der Waals surface area contributed by atoms with Crippen molar-refractivity contribution in [3.05, 3.63) is 41.2 Å². The zero-order valence-electron chi connectivity index (χ0n) is 17.4. The maximum Gasteiger partial charge on any atom is 0.409 e. The minimum Gasteiger partial charge on any atom is -0.452 e. The molecule has 3 rings (SSSR count). The molecule has 9 nitrogen and oxygen atoms in total. The Labute approximate surface area is 175 Å². The highest BCUT2D eigenvalue weighted by molar-refractivity contribution is 5.91. The summed E-state index contributed by atoms with van der Waals surface area (Å²) in [6.07, 6.45) is -0.376. The number of aromatic nitrogens is 2. The third kappa shape index (κ3) is 4.97. The Morgan fingerprint density at radius 1 is 1.00 bits per heavy atom. The number of imidazole rings is 1. The highest BCUT2D eigenvalue weighted by atomic mass is 16.6. The quantitative estimate of drug-likeness (QED) is 0.752. The summed E-state index contributed by atoms with van der Waals surface area (Å²) >= 11 is 0. The van der Waals surface area contributed by atoms with E-state index in [-0.39, 0.29) is 18.6 Å². The molecule has 1 aliphatic heterocycles. The van der Waals surface area contributed by atoms with Crippen molar-refractivity contribution in [3.8, 4) is 11.4 Å². The monoisotopic (exact) mass is 414 g/mol. The summed E-state index contributed by atoms with van der Waals surface area (Å²) in [4.78, 5) is 47.0. The Morgan fingerprint density at radius 2 is 1.63 bits per heavy atom. The highest BCUT2D eigenvalue weighted by Gasteiger charge is 2.25. The lowest BCUT2D eigenvalue weighted by molar-refractivity contribution is -0.136. The zero-order chi connectivity index (χ0) is 21.7. The highest BCUT2D eigenvalue weighted by Crippen LogP contribution is 2.18. The van der Waals surface area contributed by atoms with Gasteiger partial charge in [-0.25, -0.2) is 14.6 Å². The van der Waals surface area contributed by atoms with Gasteiger partial charge in [0.1, 0.15) is 5.82 Å². The molecule has 2 amide bonds. The van der Waals surface area contributed by atoms with Gasteiger partial charge in [-0.05, 0) is 32.9 Å². The molecule has 160 valence electrons. The van der Waals surface area contributed by atoms with Crippen molar-refractivity contribution in [2.75, 3.05) is 39.4 Å². The topological polar surface area (TPSA) is 105 Å². The van der Waals surface area contributed by atoms with E-state index in [2.05, 4.69) is 9.97 Å². The van der Waals surface area contributed by atoms with E-state index >= 15 is 0 Å². The largest absolute Gasteiger partial charge is 0.452 e. The first-order chi connectivity index (χ1) is 14.4. The van der Waals surface area contributed by atoms with Crippen LogP contribution in [0.4, 0.5) is 4.79 Å². The summed E-state index contributed by atoms with van der Waals surface area (Å²) in [5.74, 6) is -0.112. The van der Waals surface area contributed by atoms with Crippen molar-refractivity contribution in [2.24, 2.45) is 0 Å². The standard InChI is InChI=1S/C21H26N4O5/c1-4-29-21(28)25-11-9-24(10-12-25)18(26)13-30-20(27)17-7-5-16(6-8-17)19-22-14(2)15(3)23-19/h5-8H,4,9-13H2,1-3H3,(H,22,23). The number of hydrogen-bond donors (Lipinski definition) is 1. The molecule has 1 N–H and O–H groups in total. The lowest BCUT2D eigenvalue weighted by Gasteiger charge is -2.33. The molecular weight excluding hydrogens is 388 g/mol. The first kappa shape index (κ1) is 21.4. The number of amides is 2. The van der Waals surface area contributed by atoms with Crippen molar-refractivity contribution in [2.45, 2.75) is 20.8 Å². The summed E-state index contributed by atoms with van der Waals surface area (Å²) in [6, 6.07) is 6.86. The zero-order valence-corrected chi connectivity index (χ0v) is 17.4. The number of piperazine rings is 1. The normalized spacial score (nSPS) is 13.8. The molecule has 2 heterocycles. The van der Waals surface area contributed by atoms with Crippen LogP contribution in [0.25, 0.3) is 11.4 Å². The SMILES string of the molecule is CCOC(=O)N1CCN(C(=O)COC(=O)c2ccc(-c3nc(C)c(C)[nH]3)cc2)CC1. The number of H-pyrrole nitrogens is 1. The molecule has 1 fully saturated rings. The summed E-state index contributed by atoms with van der Waals surface area (Å²) in [5, 5.41) is 0. The van der Waals surface area contributed by atoms with Crippen molar-refractivity contribution < 1.29 is 23.9 Å². The van der Waals surface area contributed by atoms with E-state index < -0.39 is 5.97 Å². The predicted octanol–water partition coefficient (Wildman–Crippen LogP) is 2.15. The van der Waals surface area contributed by atoms with Crippen molar-refractivity contribution >= 4 is 18.0 Å². The lowest BCUT2D eigenvalue weighted by atomic mass is 10.1. The summed E-state index contributed by atoms with van der Waals surface area (Å²) in [5.41, 5.74) is 3.14. The van der Waals surface area contributed by atoms with E-state index in [0.29, 0.717) is 38.3 Å². The molecule has 0 atom stereocenters. The second-order valence-electron chi connectivity index (χ2n) is 7.02. The molecule has 0 bridgehead atoms. The van der Waals surface area contributed by atoms with Crippen LogP contribution in [0.3, 0.4) is 0 Å². The van der Waals surface area contributed by atoms with E-state index in [1.54, 1.807) is 41.0 Å². The number of rotatable bonds is 5. The fourth-order valence-corrected chi connectivity index (χ4v) is 3.10. The van der Waals surface area contributed by atoms with Crippen LogP contribution in [-0.2, 0) is 14.3 Å². The van der Waals surface area contributed by atoms with Gasteiger partial charge in [0.15, 0.2) is 6.61 Å². The van der Waals surface area contributed by atoms with Crippen LogP contribution in [0.1, 0.15) is 28.7 Å². The van der Waals surface area contributed by atoms with E-state index in [1.807, 2.05) is 13.8 Å². The Morgan fingerprint density at radius 3 is 2.20 bits per heavy atom. The molecule has 1 saturated heterocycles. The number of carbonyl (C=O) groups excluding carboxylic acids is 3. The third-order valence-electron chi connectivity index (χ3n) is 5.01. The molecule has 0 aliphatic carbocycles. The second kappa shape index (κ2) is 9.43. The number of aryl methyl sites for hydroxylation is 2. The summed E-state index contributed by atoms with van der Waals surface area (Å²) in [6.45, 7) is 7.15. The van der Waals surface area contributed by atoms with Gasteiger partial charge in [-0.3, -0.25) is 4.79 Å². The number of aromatic amines is 1. The fourth-order valence-electron chi connectivity index (χ4n) is 3.10. The number of nitrogens with zero attached hydrogens (tertiary/aromatic N) is 3. The maximum atomic E-state index is 12.3. The van der Waals surface area contributed by atoms with Crippen LogP contribution in [0, 0.1) is 13.8 Å². The van der Waals surface area contributed by atoms with Crippen LogP contribution in [-0.4, -0.2) is 77.1 Å². The molecule has 0 saturated carbocycles. The maximum absolute atomic E-state index is 12.3. The lowest BCUT2D eigenvalue weighted by Crippen LogP contribution is -2.51. The van der Waals surface area contributed by atoms with Gasteiger partial charge in [-0.15, -0.1) is 0 Å². The smallest absolute Gasteiger partial charge is 0.409 e. The van der Waals surface area contributed by atoms with Gasteiger partial charge in [-0.2, -0.15) is 0 Å². The molecule has 0 radical (unpaired) electrons. The number of benzene rings is 1. The molecule has 1 aliphatic rings. The minimum atomic E-state index is -0.563. The van der Waals surface area contributed by atoms with Crippen molar-refractivity contribution in [1.82, 2.24) is 19.8 Å². The van der Waals surface area contributed by atoms with Crippen LogP contribution < -0.4 is 0 Å². The molecule has 30 heavy (non-hydrogen) atoms. The number of ether oxygens (including phenoxy) is 2. The second-order valence-corrected chi connectivity index (χ2v) is 7.02. The van der Waals surface area contributed by atoms with E-state index in [0.717, 1.165) is 22.8 Å². The predicted molar refractivity (Wildman–Crippen MR) is 109 cm³/mol. The minimum absolute atomic E-state index is 0.287. The van der Waals surface area contributed by atoms with Crippen LogP contribution in [0.15, 0.2) is 24.3 Å². The van der Waals surface area contributed by atoms with Gasteiger partial charge in [0.2, 0.25) is 0 Å². The molecule has 9 heteroatoms. The Hall–Kier alpha value is -3.36. The van der Waals surface area contributed by atoms with Gasteiger partial charge in [0, 0.05) is 37.4 Å². The molecule has 1 aromatic carbocycles. The number of carbonyl (C=O) groups is 3. The fraction of sp³-hybridized carbons (Fsp3) is 0.429. The van der Waals surface area contributed by atoms with Crippen molar-refractivity contribution in [1.29, 1.82) is 0 Å². The van der Waals surface area contributed by atoms with Gasteiger partial charge < -0.3 is 24.3 Å². The summed E-state index contributed by atoms with van der Waals surface area (Å²) in [7, 11) is 0. The average molecular weight is 414 g/mol. The first-order valence-electron chi connectivity index (χ1n) is 9.89. The van der Waals surface area contributed by atoms with Crippen LogP contribution in [0.2, 0.25) is 0 Å². The van der Waals surface area contributed by atoms with Crippen LogP contribution >= 0.6 is 0 Å². The Kier molecular flexibility index (Phi) is 6.71. The van der Waals surface area contributed by atoms with Gasteiger partial charge in [0.25, 0.3) is 5.91 Å². The third-order valence-corrected chi connectivity index (χ3v) is 5.01. The van der Waals surface area contributed by atoms with E-state index in [4.69, 9.17) is 9.47 Å². The first-order valence-corrected chi connectivity index (χ1v) is 9.89. The Bertz CT molecular complexity index is 894.